The van der Waals surface area contributed by atoms with E-state index >= 15 is 0 Å². The minimum Gasteiger partial charge on any atom is -0.443 e. The fourth-order valence-corrected chi connectivity index (χ4v) is 3.50. The van der Waals surface area contributed by atoms with Crippen molar-refractivity contribution in [3.63, 3.8) is 0 Å². The van der Waals surface area contributed by atoms with Crippen molar-refractivity contribution < 1.29 is 4.42 Å². The number of nitrogens with one attached hydrogen (secondary N) is 1. The Morgan fingerprint density at radius 2 is 2.17 bits per heavy atom. The number of aromatic nitrogens is 1. The summed E-state index contributed by atoms with van der Waals surface area (Å²) in [5, 5.41) is 3.42. The summed E-state index contributed by atoms with van der Waals surface area (Å²) in [6.07, 6.45) is 7.31. The Balaban J connectivity index is 1.66. The third-order valence-corrected chi connectivity index (χ3v) is 5.14. The molecule has 0 bridgehead atoms. The summed E-state index contributed by atoms with van der Waals surface area (Å²) < 4.78 is 5.85. The first-order valence-electron chi connectivity index (χ1n) is 8.90. The Bertz CT molecular complexity index is 566. The molecule has 1 spiro atoms. The second kappa shape index (κ2) is 6.17. The van der Waals surface area contributed by atoms with Gasteiger partial charge in [0.05, 0.1) is 6.20 Å². The Kier molecular flexibility index (Phi) is 4.39. The SMILES string of the molecule is CCNC(=NCc1ncc(C(C)(C)C)o1)N1CCC2(CCC2)C1. The number of aliphatic imine (C=N–C) groups is 1. The molecule has 1 N–H and O–H groups in total. The highest BCUT2D eigenvalue weighted by molar-refractivity contribution is 5.80. The lowest BCUT2D eigenvalue weighted by Gasteiger charge is -2.38. The van der Waals surface area contributed by atoms with Crippen molar-refractivity contribution in [2.75, 3.05) is 19.6 Å². The summed E-state index contributed by atoms with van der Waals surface area (Å²) in [5.41, 5.74) is 0.573. The molecule has 1 aromatic heterocycles. The van der Waals surface area contributed by atoms with Crippen molar-refractivity contribution in [3.8, 4) is 0 Å². The van der Waals surface area contributed by atoms with E-state index in [0.29, 0.717) is 17.9 Å². The third-order valence-electron chi connectivity index (χ3n) is 5.14. The van der Waals surface area contributed by atoms with E-state index in [0.717, 1.165) is 31.4 Å². The van der Waals surface area contributed by atoms with Crippen LogP contribution in [0.3, 0.4) is 0 Å². The molecule has 2 fully saturated rings. The molecular formula is C18H30N4O. The van der Waals surface area contributed by atoms with Crippen molar-refractivity contribution in [3.05, 3.63) is 17.8 Å². The molecule has 1 aliphatic carbocycles. The molecule has 3 rings (SSSR count). The Labute approximate surface area is 139 Å². The van der Waals surface area contributed by atoms with E-state index < -0.39 is 0 Å². The van der Waals surface area contributed by atoms with Crippen molar-refractivity contribution in [1.29, 1.82) is 0 Å². The highest BCUT2D eigenvalue weighted by Gasteiger charge is 2.43. The van der Waals surface area contributed by atoms with Crippen LogP contribution in [0.2, 0.25) is 0 Å². The molecule has 0 radical (unpaired) electrons. The van der Waals surface area contributed by atoms with Gasteiger partial charge in [-0.1, -0.05) is 27.2 Å². The highest BCUT2D eigenvalue weighted by atomic mass is 16.4. The second-order valence-electron chi connectivity index (χ2n) is 8.06. The summed E-state index contributed by atoms with van der Waals surface area (Å²) in [7, 11) is 0. The molecule has 0 atom stereocenters. The van der Waals surface area contributed by atoms with E-state index in [1.807, 2.05) is 6.20 Å². The van der Waals surface area contributed by atoms with Gasteiger partial charge in [-0.2, -0.15) is 0 Å². The van der Waals surface area contributed by atoms with Crippen LogP contribution in [0.4, 0.5) is 0 Å². The monoisotopic (exact) mass is 318 g/mol. The van der Waals surface area contributed by atoms with Gasteiger partial charge in [0.2, 0.25) is 5.89 Å². The number of oxazole rings is 1. The van der Waals surface area contributed by atoms with Gasteiger partial charge < -0.3 is 14.6 Å². The second-order valence-corrected chi connectivity index (χ2v) is 8.06. The summed E-state index contributed by atoms with van der Waals surface area (Å²) in [6, 6.07) is 0. The van der Waals surface area contributed by atoms with Crippen LogP contribution in [0.25, 0.3) is 0 Å². The maximum atomic E-state index is 5.85. The van der Waals surface area contributed by atoms with Crippen LogP contribution in [-0.2, 0) is 12.0 Å². The fraction of sp³-hybridized carbons (Fsp3) is 0.778. The van der Waals surface area contributed by atoms with E-state index in [-0.39, 0.29) is 5.41 Å². The van der Waals surface area contributed by atoms with Gasteiger partial charge in [0, 0.05) is 25.0 Å². The van der Waals surface area contributed by atoms with Gasteiger partial charge in [-0.25, -0.2) is 9.98 Å². The zero-order valence-corrected chi connectivity index (χ0v) is 15.0. The lowest BCUT2D eigenvalue weighted by atomic mass is 9.68. The number of guanidine groups is 1. The molecule has 1 saturated carbocycles. The van der Waals surface area contributed by atoms with Crippen LogP contribution in [0.15, 0.2) is 15.6 Å². The molecule has 5 nitrogen and oxygen atoms in total. The average molecular weight is 318 g/mol. The summed E-state index contributed by atoms with van der Waals surface area (Å²) in [4.78, 5) is 11.6. The first-order valence-corrected chi connectivity index (χ1v) is 8.90. The van der Waals surface area contributed by atoms with Crippen LogP contribution in [0.1, 0.15) is 65.0 Å². The van der Waals surface area contributed by atoms with Gasteiger partial charge in [-0.15, -0.1) is 0 Å². The molecule has 5 heteroatoms. The van der Waals surface area contributed by atoms with Gasteiger partial charge in [0.1, 0.15) is 12.3 Å². The van der Waals surface area contributed by atoms with Crippen molar-refractivity contribution in [2.24, 2.45) is 10.4 Å². The van der Waals surface area contributed by atoms with E-state index in [1.165, 1.54) is 25.7 Å². The first kappa shape index (κ1) is 16.3. The minimum atomic E-state index is -0.00891. The van der Waals surface area contributed by atoms with Crippen LogP contribution in [-0.4, -0.2) is 35.5 Å². The molecule has 1 aromatic rings. The molecule has 2 heterocycles. The number of hydrogen-bond donors (Lipinski definition) is 1. The molecule has 0 unspecified atom stereocenters. The maximum absolute atomic E-state index is 5.85. The number of nitrogens with zero attached hydrogens (tertiary/aromatic N) is 3. The Morgan fingerprint density at radius 3 is 2.70 bits per heavy atom. The van der Waals surface area contributed by atoms with Gasteiger partial charge in [-0.05, 0) is 31.6 Å². The maximum Gasteiger partial charge on any atom is 0.216 e. The van der Waals surface area contributed by atoms with E-state index in [2.05, 4.69) is 42.9 Å². The smallest absolute Gasteiger partial charge is 0.216 e. The summed E-state index contributed by atoms with van der Waals surface area (Å²) in [6.45, 7) is 12.2. The molecule has 1 aliphatic heterocycles. The Hall–Kier alpha value is -1.52. The Morgan fingerprint density at radius 1 is 1.39 bits per heavy atom. The number of rotatable bonds is 3. The first-order chi connectivity index (χ1) is 10.9. The molecule has 2 aliphatic rings. The van der Waals surface area contributed by atoms with Crippen LogP contribution in [0.5, 0.6) is 0 Å². The summed E-state index contributed by atoms with van der Waals surface area (Å²) in [5.74, 6) is 2.62. The molecule has 1 saturated heterocycles. The lowest BCUT2D eigenvalue weighted by molar-refractivity contribution is 0.151. The number of hydrogen-bond acceptors (Lipinski definition) is 3. The summed E-state index contributed by atoms with van der Waals surface area (Å²) >= 11 is 0. The van der Waals surface area contributed by atoms with Gasteiger partial charge in [0.15, 0.2) is 5.96 Å². The zero-order chi connectivity index (χ0) is 16.5. The van der Waals surface area contributed by atoms with E-state index in [9.17, 15) is 0 Å². The highest BCUT2D eigenvalue weighted by Crippen LogP contribution is 2.47. The predicted molar refractivity (Wildman–Crippen MR) is 92.5 cm³/mol. The normalized spacial score (nSPS) is 20.9. The van der Waals surface area contributed by atoms with Crippen LogP contribution < -0.4 is 5.32 Å². The predicted octanol–water partition coefficient (Wildman–Crippen LogP) is 3.31. The number of likely N-dealkylation sites (tertiary alicyclic amines) is 1. The minimum absolute atomic E-state index is 0.00891. The molecular weight excluding hydrogens is 288 g/mol. The van der Waals surface area contributed by atoms with Gasteiger partial charge in [-0.3, -0.25) is 0 Å². The lowest BCUT2D eigenvalue weighted by Crippen LogP contribution is -2.42. The van der Waals surface area contributed by atoms with E-state index in [1.54, 1.807) is 0 Å². The van der Waals surface area contributed by atoms with Gasteiger partial charge in [0.25, 0.3) is 0 Å². The standard InChI is InChI=1S/C18H30N4O/c1-5-19-16(22-10-9-18(13-22)7-6-8-18)21-12-15-20-11-14(23-15)17(2,3)4/h11H,5-10,12-13H2,1-4H3,(H,19,21). The van der Waals surface area contributed by atoms with E-state index in [4.69, 9.17) is 9.41 Å². The van der Waals surface area contributed by atoms with Crippen LogP contribution >= 0.6 is 0 Å². The zero-order valence-electron chi connectivity index (χ0n) is 15.0. The van der Waals surface area contributed by atoms with Crippen molar-refractivity contribution >= 4 is 5.96 Å². The van der Waals surface area contributed by atoms with Crippen molar-refractivity contribution in [2.45, 2.75) is 65.3 Å². The van der Waals surface area contributed by atoms with Crippen molar-refractivity contribution in [1.82, 2.24) is 15.2 Å². The third kappa shape index (κ3) is 3.54. The fourth-order valence-electron chi connectivity index (χ4n) is 3.50. The largest absolute Gasteiger partial charge is 0.443 e. The van der Waals surface area contributed by atoms with Crippen LogP contribution in [0, 0.1) is 5.41 Å². The topological polar surface area (TPSA) is 53.7 Å². The van der Waals surface area contributed by atoms with Gasteiger partial charge >= 0.3 is 0 Å². The molecule has 128 valence electrons. The molecule has 0 amide bonds. The quantitative estimate of drug-likeness (QED) is 0.686. The molecule has 0 aromatic carbocycles. The molecule has 23 heavy (non-hydrogen) atoms. The average Bonchev–Trinajstić information content (AvgIpc) is 3.09.